The molecule has 0 aromatic rings. The molecular weight excluding hydrogens is 130 g/mol. The molecule has 1 aliphatic rings. The Hall–Kier alpha value is -0.670. The Balaban J connectivity index is 2.42. The summed E-state index contributed by atoms with van der Waals surface area (Å²) in [5.74, 6) is -4.75. The summed E-state index contributed by atoms with van der Waals surface area (Å²) in [4.78, 5) is 10.3. The second-order valence-electron chi connectivity index (χ2n) is 2.04. The molecular formula is C5H6F2O2. The van der Waals surface area contributed by atoms with Crippen molar-refractivity contribution in [2.45, 2.75) is 12.3 Å². The average Bonchev–Trinajstić information content (AvgIpc) is 2.38. The molecule has 0 aromatic heterocycles. The quantitative estimate of drug-likeness (QED) is 0.499. The fourth-order valence-electron chi connectivity index (χ4n) is 0.611. The smallest absolute Gasteiger partial charge is 0.315 e. The van der Waals surface area contributed by atoms with Gasteiger partial charge in [-0.2, -0.15) is 0 Å². The first-order valence-electron chi connectivity index (χ1n) is 2.53. The minimum absolute atomic E-state index is 0.348. The van der Waals surface area contributed by atoms with E-state index in [9.17, 15) is 13.6 Å². The normalized spacial score (nSPS) is 29.4. The highest BCUT2D eigenvalue weighted by Gasteiger charge is 2.62. The number of hydrogen-bond donors (Lipinski definition) is 0. The molecule has 0 aliphatic heterocycles. The van der Waals surface area contributed by atoms with Crippen LogP contribution in [0.5, 0.6) is 0 Å². The van der Waals surface area contributed by atoms with Crippen molar-refractivity contribution in [2.75, 3.05) is 7.11 Å². The van der Waals surface area contributed by atoms with Crippen molar-refractivity contribution in [2.24, 2.45) is 5.92 Å². The van der Waals surface area contributed by atoms with Crippen LogP contribution in [0, 0.1) is 5.92 Å². The number of carbonyl (C=O) groups excluding carboxylic acids is 1. The zero-order valence-electron chi connectivity index (χ0n) is 4.86. The lowest BCUT2D eigenvalue weighted by Crippen LogP contribution is -2.08. The zero-order valence-corrected chi connectivity index (χ0v) is 4.86. The fraction of sp³-hybridized carbons (Fsp3) is 0.800. The largest absolute Gasteiger partial charge is 0.469 e. The molecule has 0 radical (unpaired) electrons. The van der Waals surface area contributed by atoms with Crippen LogP contribution < -0.4 is 0 Å². The summed E-state index contributed by atoms with van der Waals surface area (Å²) in [5, 5.41) is 0. The number of ether oxygens (including phenoxy) is 1. The number of rotatable bonds is 1. The van der Waals surface area contributed by atoms with Crippen LogP contribution in [0.3, 0.4) is 0 Å². The maximum Gasteiger partial charge on any atom is 0.315 e. The summed E-state index contributed by atoms with van der Waals surface area (Å²) in [6, 6.07) is 0. The molecule has 0 bridgehead atoms. The van der Waals surface area contributed by atoms with Crippen LogP contribution in [-0.2, 0) is 9.53 Å². The third-order valence-corrected chi connectivity index (χ3v) is 1.31. The highest BCUT2D eigenvalue weighted by Crippen LogP contribution is 2.48. The van der Waals surface area contributed by atoms with E-state index in [0.29, 0.717) is 0 Å². The molecule has 52 valence electrons. The monoisotopic (exact) mass is 136 g/mol. The second kappa shape index (κ2) is 1.65. The van der Waals surface area contributed by atoms with E-state index in [-0.39, 0.29) is 6.42 Å². The molecule has 4 heteroatoms. The molecule has 0 spiro atoms. The van der Waals surface area contributed by atoms with Crippen molar-refractivity contribution in [3.05, 3.63) is 0 Å². The van der Waals surface area contributed by atoms with E-state index < -0.39 is 17.8 Å². The van der Waals surface area contributed by atoms with Crippen molar-refractivity contribution in [3.8, 4) is 0 Å². The van der Waals surface area contributed by atoms with Crippen LogP contribution in [-0.4, -0.2) is 19.0 Å². The van der Waals surface area contributed by atoms with Gasteiger partial charge in [-0.25, -0.2) is 8.78 Å². The highest BCUT2D eigenvalue weighted by atomic mass is 19.3. The summed E-state index contributed by atoms with van der Waals surface area (Å²) in [6.07, 6.45) is -0.348. The Bertz CT molecular complexity index is 144. The molecule has 0 heterocycles. The van der Waals surface area contributed by atoms with Crippen LogP contribution in [0.15, 0.2) is 0 Å². The number of carbonyl (C=O) groups is 1. The zero-order chi connectivity index (χ0) is 7.07. The van der Waals surface area contributed by atoms with E-state index in [1.807, 2.05) is 0 Å². The molecule has 1 aliphatic carbocycles. The van der Waals surface area contributed by atoms with Gasteiger partial charge in [-0.15, -0.1) is 0 Å². The Labute approximate surface area is 50.8 Å². The lowest BCUT2D eigenvalue weighted by Gasteiger charge is -1.93. The number of esters is 1. The van der Waals surface area contributed by atoms with Crippen LogP contribution in [0.2, 0.25) is 0 Å². The number of alkyl halides is 2. The number of hydrogen-bond acceptors (Lipinski definition) is 2. The topological polar surface area (TPSA) is 26.3 Å². The first kappa shape index (κ1) is 6.45. The van der Waals surface area contributed by atoms with Gasteiger partial charge in [0.25, 0.3) is 5.92 Å². The third kappa shape index (κ3) is 1.01. The van der Waals surface area contributed by atoms with E-state index in [2.05, 4.69) is 4.74 Å². The lowest BCUT2D eigenvalue weighted by molar-refractivity contribution is -0.144. The molecule has 0 amide bonds. The van der Waals surface area contributed by atoms with Crippen molar-refractivity contribution in [1.29, 1.82) is 0 Å². The molecule has 1 fully saturated rings. The number of methoxy groups -OCH3 is 1. The van der Waals surface area contributed by atoms with Crippen LogP contribution >= 0.6 is 0 Å². The highest BCUT2D eigenvalue weighted by molar-refractivity contribution is 5.76. The van der Waals surface area contributed by atoms with Crippen molar-refractivity contribution >= 4 is 5.97 Å². The maximum atomic E-state index is 11.9. The van der Waals surface area contributed by atoms with Gasteiger partial charge >= 0.3 is 5.97 Å². The Morgan fingerprint density at radius 1 is 1.78 bits per heavy atom. The van der Waals surface area contributed by atoms with Gasteiger partial charge in [-0.1, -0.05) is 0 Å². The SMILES string of the molecule is COC(=O)C1CC1(F)F. The first-order valence-corrected chi connectivity index (χ1v) is 2.53. The average molecular weight is 136 g/mol. The van der Waals surface area contributed by atoms with Gasteiger partial charge in [0.05, 0.1) is 7.11 Å². The Morgan fingerprint density at radius 3 is 2.33 bits per heavy atom. The standard InChI is InChI=1S/C5H6F2O2/c1-9-4(8)3-2-5(3,6)7/h3H,2H2,1H3. The van der Waals surface area contributed by atoms with Crippen molar-refractivity contribution < 1.29 is 18.3 Å². The molecule has 0 saturated heterocycles. The van der Waals surface area contributed by atoms with Crippen LogP contribution in [0.25, 0.3) is 0 Å². The number of halogens is 2. The fourth-order valence-corrected chi connectivity index (χ4v) is 0.611. The van der Waals surface area contributed by atoms with Gasteiger partial charge in [-0.3, -0.25) is 4.79 Å². The second-order valence-corrected chi connectivity index (χ2v) is 2.04. The van der Waals surface area contributed by atoms with Crippen LogP contribution in [0.4, 0.5) is 8.78 Å². The Morgan fingerprint density at radius 2 is 2.22 bits per heavy atom. The summed E-state index contributed by atoms with van der Waals surface area (Å²) in [6.45, 7) is 0. The van der Waals surface area contributed by atoms with Gasteiger partial charge in [0, 0.05) is 6.42 Å². The van der Waals surface area contributed by atoms with Crippen molar-refractivity contribution in [1.82, 2.24) is 0 Å². The predicted octanol–water partition coefficient (Wildman–Crippen LogP) is 0.815. The summed E-state index contributed by atoms with van der Waals surface area (Å²) >= 11 is 0. The van der Waals surface area contributed by atoms with Crippen molar-refractivity contribution in [3.63, 3.8) is 0 Å². The summed E-state index contributed by atoms with van der Waals surface area (Å²) in [7, 11) is 1.11. The maximum absolute atomic E-state index is 11.9. The van der Waals surface area contributed by atoms with E-state index in [1.165, 1.54) is 0 Å². The predicted molar refractivity (Wildman–Crippen MR) is 25.1 cm³/mol. The van der Waals surface area contributed by atoms with Gasteiger partial charge in [-0.05, 0) is 0 Å². The third-order valence-electron chi connectivity index (χ3n) is 1.31. The summed E-state index contributed by atoms with van der Waals surface area (Å²) < 4.78 is 28.0. The van der Waals surface area contributed by atoms with Gasteiger partial charge in [0.2, 0.25) is 0 Å². The molecule has 9 heavy (non-hydrogen) atoms. The van der Waals surface area contributed by atoms with Crippen LogP contribution in [0.1, 0.15) is 6.42 Å². The van der Waals surface area contributed by atoms with Gasteiger partial charge in [0.15, 0.2) is 0 Å². The molecule has 1 atom stereocenters. The summed E-state index contributed by atoms with van der Waals surface area (Å²) in [5.41, 5.74) is 0. The molecule has 1 saturated carbocycles. The minimum Gasteiger partial charge on any atom is -0.469 e. The van der Waals surface area contributed by atoms with E-state index in [1.54, 1.807) is 0 Å². The molecule has 1 unspecified atom stereocenters. The molecule has 0 N–H and O–H groups in total. The minimum atomic E-state index is -2.78. The van der Waals surface area contributed by atoms with E-state index in [4.69, 9.17) is 0 Å². The lowest BCUT2D eigenvalue weighted by atomic mass is 10.4. The van der Waals surface area contributed by atoms with E-state index >= 15 is 0 Å². The molecule has 2 nitrogen and oxygen atoms in total. The van der Waals surface area contributed by atoms with Gasteiger partial charge in [0.1, 0.15) is 5.92 Å². The molecule has 0 aromatic carbocycles. The molecule has 1 rings (SSSR count). The van der Waals surface area contributed by atoms with E-state index in [0.717, 1.165) is 7.11 Å². The first-order chi connectivity index (χ1) is 4.08. The van der Waals surface area contributed by atoms with Gasteiger partial charge < -0.3 is 4.74 Å². The Kier molecular flexibility index (Phi) is 1.18.